The summed E-state index contributed by atoms with van der Waals surface area (Å²) in [5.74, 6) is 0.856. The molecule has 7 heteroatoms. The molecule has 120 valence electrons. The molecular weight excluding hydrogens is 302 g/mol. The van der Waals surface area contributed by atoms with Gasteiger partial charge in [-0.3, -0.25) is 14.3 Å². The van der Waals surface area contributed by atoms with Crippen LogP contribution in [0.4, 0.5) is 0 Å². The predicted molar refractivity (Wildman–Crippen MR) is 90.8 cm³/mol. The number of nitrogens with zero attached hydrogens (tertiary/aromatic N) is 5. The summed E-state index contributed by atoms with van der Waals surface area (Å²) in [4.78, 5) is 4.54. The van der Waals surface area contributed by atoms with Crippen molar-refractivity contribution in [1.29, 1.82) is 0 Å². The maximum absolute atomic E-state index is 4.76. The van der Waals surface area contributed by atoms with Crippen LogP contribution in [0.15, 0.2) is 42.9 Å². The summed E-state index contributed by atoms with van der Waals surface area (Å²) >= 11 is 0. The first-order valence-electron chi connectivity index (χ1n) is 8.13. The van der Waals surface area contributed by atoms with E-state index in [4.69, 9.17) is 5.10 Å². The van der Waals surface area contributed by atoms with Gasteiger partial charge in [0.15, 0.2) is 5.82 Å². The third kappa shape index (κ3) is 2.13. The fraction of sp³-hybridized carbons (Fsp3) is 0.235. The lowest BCUT2D eigenvalue weighted by Gasteiger charge is -2.06. The maximum Gasteiger partial charge on any atom is 0.165 e. The number of imidazole rings is 1. The molecule has 0 spiro atoms. The van der Waals surface area contributed by atoms with E-state index >= 15 is 0 Å². The summed E-state index contributed by atoms with van der Waals surface area (Å²) in [7, 11) is 0. The highest BCUT2D eigenvalue weighted by Crippen LogP contribution is 2.24. The van der Waals surface area contributed by atoms with Crippen LogP contribution < -0.4 is 5.32 Å². The van der Waals surface area contributed by atoms with Crippen LogP contribution in [0.25, 0.3) is 28.1 Å². The molecule has 4 aromatic rings. The SMILES string of the molecule is c1cn(-c2ccc3cn[nH]c3c2)c(-c2cc3n(n2)CCCNC3)n1. The topological polar surface area (TPSA) is 76.3 Å². The third-order valence-electron chi connectivity index (χ3n) is 4.47. The highest BCUT2D eigenvalue weighted by Gasteiger charge is 2.16. The standard InChI is InChI=1S/C17H17N7/c1-4-18-11-14-9-16(22-24(14)6-1)17-19-5-7-23(17)13-3-2-12-10-20-21-15(12)8-13/h2-3,5,7-10,18H,1,4,6,11H2,(H,20,21). The number of aromatic amines is 1. The van der Waals surface area contributed by atoms with Gasteiger partial charge in [-0.15, -0.1) is 0 Å². The molecule has 0 atom stereocenters. The van der Waals surface area contributed by atoms with Gasteiger partial charge in [0.05, 0.1) is 17.4 Å². The van der Waals surface area contributed by atoms with E-state index in [-0.39, 0.29) is 0 Å². The van der Waals surface area contributed by atoms with Gasteiger partial charge in [0.1, 0.15) is 5.69 Å². The first-order chi connectivity index (χ1) is 11.9. The van der Waals surface area contributed by atoms with Crippen LogP contribution in [-0.4, -0.2) is 36.1 Å². The summed E-state index contributed by atoms with van der Waals surface area (Å²) in [5, 5.41) is 16.4. The number of nitrogens with one attached hydrogen (secondary N) is 2. The van der Waals surface area contributed by atoms with Crippen LogP contribution >= 0.6 is 0 Å². The minimum absolute atomic E-state index is 0.855. The smallest absolute Gasteiger partial charge is 0.165 e. The zero-order valence-electron chi connectivity index (χ0n) is 13.1. The first kappa shape index (κ1) is 13.5. The summed E-state index contributed by atoms with van der Waals surface area (Å²) in [6.45, 7) is 2.84. The number of benzene rings is 1. The predicted octanol–water partition coefficient (Wildman–Crippen LogP) is 2.11. The van der Waals surface area contributed by atoms with E-state index in [1.54, 1.807) is 0 Å². The third-order valence-corrected chi connectivity index (χ3v) is 4.47. The van der Waals surface area contributed by atoms with E-state index in [0.29, 0.717) is 0 Å². The Balaban J connectivity index is 1.59. The molecule has 0 radical (unpaired) electrons. The molecule has 0 saturated carbocycles. The van der Waals surface area contributed by atoms with Gasteiger partial charge in [-0.05, 0) is 37.2 Å². The van der Waals surface area contributed by atoms with Crippen LogP contribution in [0.2, 0.25) is 0 Å². The summed E-state index contributed by atoms with van der Waals surface area (Å²) in [6.07, 6.45) is 6.71. The van der Waals surface area contributed by atoms with Crippen LogP contribution in [0.5, 0.6) is 0 Å². The number of H-pyrrole nitrogens is 1. The number of aromatic nitrogens is 6. The van der Waals surface area contributed by atoms with Crippen LogP contribution in [0.3, 0.4) is 0 Å². The van der Waals surface area contributed by atoms with E-state index in [1.165, 1.54) is 5.69 Å². The highest BCUT2D eigenvalue weighted by atomic mass is 15.3. The Labute approximate surface area is 138 Å². The minimum Gasteiger partial charge on any atom is -0.311 e. The fourth-order valence-electron chi connectivity index (χ4n) is 3.25. The first-order valence-corrected chi connectivity index (χ1v) is 8.13. The Bertz CT molecular complexity index is 983. The molecule has 0 aliphatic carbocycles. The number of aryl methyl sites for hydroxylation is 1. The molecule has 3 aromatic heterocycles. The fourth-order valence-corrected chi connectivity index (χ4v) is 3.25. The molecule has 2 N–H and O–H groups in total. The molecule has 0 unspecified atom stereocenters. The van der Waals surface area contributed by atoms with Crippen LogP contribution in [-0.2, 0) is 13.1 Å². The van der Waals surface area contributed by atoms with Crippen molar-refractivity contribution in [3.05, 3.63) is 48.5 Å². The van der Waals surface area contributed by atoms with Crippen molar-refractivity contribution >= 4 is 10.9 Å². The lowest BCUT2D eigenvalue weighted by atomic mass is 10.2. The second-order valence-corrected chi connectivity index (χ2v) is 6.04. The summed E-state index contributed by atoms with van der Waals surface area (Å²) < 4.78 is 4.16. The average molecular weight is 319 g/mol. The molecule has 1 aliphatic heterocycles. The van der Waals surface area contributed by atoms with Crippen LogP contribution in [0.1, 0.15) is 12.1 Å². The van der Waals surface area contributed by atoms with Crippen molar-refractivity contribution in [3.8, 4) is 17.2 Å². The van der Waals surface area contributed by atoms with Gasteiger partial charge < -0.3 is 5.32 Å². The second kappa shape index (κ2) is 5.31. The molecule has 0 saturated heterocycles. The minimum atomic E-state index is 0.855. The van der Waals surface area contributed by atoms with Crippen molar-refractivity contribution in [3.63, 3.8) is 0 Å². The number of rotatable bonds is 2. The lowest BCUT2D eigenvalue weighted by Crippen LogP contribution is -2.11. The quantitative estimate of drug-likeness (QED) is 0.593. The van der Waals surface area contributed by atoms with Gasteiger partial charge in [0, 0.05) is 36.6 Å². The largest absolute Gasteiger partial charge is 0.311 e. The van der Waals surface area contributed by atoms with Gasteiger partial charge >= 0.3 is 0 Å². The molecule has 1 aromatic carbocycles. The van der Waals surface area contributed by atoms with E-state index in [2.05, 4.69) is 54.0 Å². The second-order valence-electron chi connectivity index (χ2n) is 6.04. The summed E-state index contributed by atoms with van der Waals surface area (Å²) in [5.41, 5.74) is 4.17. The van der Waals surface area contributed by atoms with Gasteiger partial charge in [0.25, 0.3) is 0 Å². The van der Waals surface area contributed by atoms with Crippen molar-refractivity contribution < 1.29 is 0 Å². The van der Waals surface area contributed by atoms with Gasteiger partial charge in [0.2, 0.25) is 0 Å². The molecule has 1 aliphatic rings. The Morgan fingerprint density at radius 3 is 3.17 bits per heavy atom. The van der Waals surface area contributed by atoms with E-state index < -0.39 is 0 Å². The van der Waals surface area contributed by atoms with Gasteiger partial charge in [-0.25, -0.2) is 4.98 Å². The number of hydrogen-bond donors (Lipinski definition) is 2. The van der Waals surface area contributed by atoms with Crippen molar-refractivity contribution in [1.82, 2.24) is 34.8 Å². The zero-order chi connectivity index (χ0) is 15.9. The monoisotopic (exact) mass is 319 g/mol. The lowest BCUT2D eigenvalue weighted by molar-refractivity contribution is 0.588. The van der Waals surface area contributed by atoms with Crippen LogP contribution in [0, 0.1) is 0 Å². The van der Waals surface area contributed by atoms with Crippen molar-refractivity contribution in [2.45, 2.75) is 19.5 Å². The Kier molecular flexibility index (Phi) is 2.99. The summed E-state index contributed by atoms with van der Waals surface area (Å²) in [6, 6.07) is 8.35. The molecule has 24 heavy (non-hydrogen) atoms. The zero-order valence-corrected chi connectivity index (χ0v) is 13.1. The number of hydrogen-bond acceptors (Lipinski definition) is 4. The Hall–Kier alpha value is -2.93. The molecule has 0 bridgehead atoms. The number of fused-ring (bicyclic) bond motifs is 2. The van der Waals surface area contributed by atoms with E-state index in [0.717, 1.165) is 54.2 Å². The Morgan fingerprint density at radius 2 is 2.17 bits per heavy atom. The van der Waals surface area contributed by atoms with Crippen molar-refractivity contribution in [2.75, 3.05) is 6.54 Å². The Morgan fingerprint density at radius 1 is 1.17 bits per heavy atom. The highest BCUT2D eigenvalue weighted by molar-refractivity contribution is 5.80. The van der Waals surface area contributed by atoms with E-state index in [9.17, 15) is 0 Å². The molecule has 5 rings (SSSR count). The molecule has 7 nitrogen and oxygen atoms in total. The van der Waals surface area contributed by atoms with Gasteiger partial charge in [-0.2, -0.15) is 10.2 Å². The van der Waals surface area contributed by atoms with Crippen molar-refractivity contribution in [2.24, 2.45) is 0 Å². The molecule has 0 amide bonds. The molecule has 4 heterocycles. The van der Waals surface area contributed by atoms with Gasteiger partial charge in [-0.1, -0.05) is 0 Å². The normalized spacial score (nSPS) is 14.7. The maximum atomic E-state index is 4.76. The van der Waals surface area contributed by atoms with E-state index in [1.807, 2.05) is 18.6 Å². The molecule has 0 fully saturated rings. The average Bonchev–Trinajstić information content (AvgIpc) is 3.31. The molecular formula is C17H17N7.